The van der Waals surface area contributed by atoms with Gasteiger partial charge in [-0.3, -0.25) is 4.79 Å². The van der Waals surface area contributed by atoms with E-state index in [0.717, 1.165) is 11.3 Å². The van der Waals surface area contributed by atoms with E-state index in [4.69, 9.17) is 5.73 Å². The average Bonchev–Trinajstić information content (AvgIpc) is 2.32. The van der Waals surface area contributed by atoms with E-state index in [1.165, 1.54) is 0 Å². The normalized spacial score (nSPS) is 27.2. The molecule has 1 heterocycles. The molecule has 3 heteroatoms. The van der Waals surface area contributed by atoms with Gasteiger partial charge in [0.1, 0.15) is 0 Å². The molecule has 0 spiro atoms. The highest BCUT2D eigenvalue weighted by Crippen LogP contribution is 2.41. The highest BCUT2D eigenvalue weighted by atomic mass is 16.2. The van der Waals surface area contributed by atoms with E-state index >= 15 is 0 Å². The number of hydrogen-bond donors (Lipinski definition) is 1. The van der Waals surface area contributed by atoms with Crippen LogP contribution in [0, 0.1) is 11.8 Å². The molecular weight excluding hydrogens is 224 g/mol. The molecule has 0 bridgehead atoms. The Balaban J connectivity index is 2.58. The van der Waals surface area contributed by atoms with E-state index in [1.54, 1.807) is 6.92 Å². The fourth-order valence-corrected chi connectivity index (χ4v) is 3.17. The molecule has 1 aliphatic heterocycles. The Hall–Kier alpha value is -1.35. The first kappa shape index (κ1) is 13.1. The second-order valence-corrected chi connectivity index (χ2v) is 5.57. The predicted molar refractivity (Wildman–Crippen MR) is 74.3 cm³/mol. The van der Waals surface area contributed by atoms with Crippen molar-refractivity contribution in [1.29, 1.82) is 0 Å². The monoisotopic (exact) mass is 246 g/mol. The number of nitrogens with zero attached hydrogens (tertiary/aromatic N) is 1. The molecule has 3 unspecified atom stereocenters. The number of rotatable bonds is 1. The van der Waals surface area contributed by atoms with Crippen molar-refractivity contribution in [2.45, 2.75) is 39.8 Å². The zero-order valence-corrected chi connectivity index (χ0v) is 11.6. The fourth-order valence-electron chi connectivity index (χ4n) is 3.17. The summed E-state index contributed by atoms with van der Waals surface area (Å²) in [4.78, 5) is 13.9. The van der Waals surface area contributed by atoms with Crippen LogP contribution in [0.15, 0.2) is 24.3 Å². The Morgan fingerprint density at radius 1 is 1.33 bits per heavy atom. The van der Waals surface area contributed by atoms with Crippen molar-refractivity contribution in [3.63, 3.8) is 0 Å². The maximum absolute atomic E-state index is 12.0. The lowest BCUT2D eigenvalue weighted by Gasteiger charge is -2.45. The molecule has 3 nitrogen and oxygen atoms in total. The van der Waals surface area contributed by atoms with E-state index in [2.05, 4.69) is 20.8 Å². The van der Waals surface area contributed by atoms with Crippen LogP contribution in [-0.4, -0.2) is 11.9 Å². The minimum atomic E-state index is 0.00389. The third-order valence-corrected chi connectivity index (χ3v) is 3.98. The Kier molecular flexibility index (Phi) is 3.44. The van der Waals surface area contributed by atoms with Gasteiger partial charge in [0, 0.05) is 24.7 Å². The molecule has 3 atom stereocenters. The maximum Gasteiger partial charge on any atom is 0.224 e. The highest BCUT2D eigenvalue weighted by molar-refractivity contribution is 5.93. The summed E-state index contributed by atoms with van der Waals surface area (Å²) in [5, 5.41) is 0. The summed E-state index contributed by atoms with van der Waals surface area (Å²) < 4.78 is 0. The number of fused-ring (bicyclic) bond motifs is 1. The Morgan fingerprint density at radius 3 is 2.50 bits per heavy atom. The van der Waals surface area contributed by atoms with Gasteiger partial charge >= 0.3 is 0 Å². The summed E-state index contributed by atoms with van der Waals surface area (Å²) >= 11 is 0. The molecule has 1 amide bonds. The van der Waals surface area contributed by atoms with Crippen LogP contribution in [0.25, 0.3) is 0 Å². The van der Waals surface area contributed by atoms with Gasteiger partial charge in [0.05, 0.1) is 0 Å². The number of hydrogen-bond acceptors (Lipinski definition) is 2. The van der Waals surface area contributed by atoms with Crippen LogP contribution in [-0.2, 0) is 4.79 Å². The number of anilines is 1. The van der Waals surface area contributed by atoms with Crippen LogP contribution in [0.1, 0.15) is 39.3 Å². The van der Waals surface area contributed by atoms with Gasteiger partial charge in [-0.15, -0.1) is 0 Å². The van der Waals surface area contributed by atoms with E-state index in [1.807, 2.05) is 29.2 Å². The van der Waals surface area contributed by atoms with Gasteiger partial charge in [0.15, 0.2) is 0 Å². The molecule has 1 aliphatic rings. The molecule has 0 saturated heterocycles. The van der Waals surface area contributed by atoms with Gasteiger partial charge in [-0.1, -0.05) is 39.0 Å². The molecule has 18 heavy (non-hydrogen) atoms. The summed E-state index contributed by atoms with van der Waals surface area (Å²) in [6, 6.07) is 8.16. The first-order valence-electron chi connectivity index (χ1n) is 6.59. The van der Waals surface area contributed by atoms with Gasteiger partial charge in [-0.05, 0) is 23.5 Å². The molecule has 1 aromatic carbocycles. The number of carbonyl (C=O) groups is 1. The highest BCUT2D eigenvalue weighted by Gasteiger charge is 2.39. The zero-order valence-electron chi connectivity index (χ0n) is 11.6. The van der Waals surface area contributed by atoms with Crippen LogP contribution >= 0.6 is 0 Å². The second-order valence-electron chi connectivity index (χ2n) is 5.57. The van der Waals surface area contributed by atoms with E-state index in [-0.39, 0.29) is 23.9 Å². The largest absolute Gasteiger partial charge is 0.324 e. The minimum Gasteiger partial charge on any atom is -0.324 e. The van der Waals surface area contributed by atoms with Crippen LogP contribution in [0.5, 0.6) is 0 Å². The average molecular weight is 246 g/mol. The van der Waals surface area contributed by atoms with Gasteiger partial charge in [-0.25, -0.2) is 0 Å². The molecule has 0 aromatic heterocycles. The molecule has 0 aliphatic carbocycles. The predicted octanol–water partition coefficient (Wildman–Crippen LogP) is 2.71. The van der Waals surface area contributed by atoms with Crippen LogP contribution < -0.4 is 10.6 Å². The Morgan fingerprint density at radius 2 is 1.94 bits per heavy atom. The smallest absolute Gasteiger partial charge is 0.224 e. The summed E-state index contributed by atoms with van der Waals surface area (Å²) in [5.74, 6) is 0.756. The van der Waals surface area contributed by atoms with Crippen molar-refractivity contribution in [2.75, 3.05) is 4.90 Å². The fraction of sp³-hybridized carbons (Fsp3) is 0.533. The first-order valence-corrected chi connectivity index (χ1v) is 6.59. The third kappa shape index (κ3) is 1.93. The molecular formula is C15H22N2O. The van der Waals surface area contributed by atoms with Crippen molar-refractivity contribution < 1.29 is 4.79 Å². The number of amides is 1. The van der Waals surface area contributed by atoms with E-state index in [9.17, 15) is 4.79 Å². The molecule has 0 saturated carbocycles. The van der Waals surface area contributed by atoms with Crippen molar-refractivity contribution in [3.8, 4) is 0 Å². The van der Waals surface area contributed by atoms with Crippen LogP contribution in [0.2, 0.25) is 0 Å². The minimum absolute atomic E-state index is 0.00389. The van der Waals surface area contributed by atoms with Crippen molar-refractivity contribution >= 4 is 11.6 Å². The summed E-state index contributed by atoms with van der Waals surface area (Å²) in [6.07, 6.45) is 0. The van der Waals surface area contributed by atoms with Crippen molar-refractivity contribution in [1.82, 2.24) is 0 Å². The lowest BCUT2D eigenvalue weighted by molar-refractivity contribution is -0.117. The van der Waals surface area contributed by atoms with Crippen molar-refractivity contribution in [3.05, 3.63) is 29.8 Å². The molecule has 2 N–H and O–H groups in total. The van der Waals surface area contributed by atoms with Gasteiger partial charge in [-0.2, -0.15) is 0 Å². The maximum atomic E-state index is 12.0. The molecule has 0 radical (unpaired) electrons. The molecule has 1 aromatic rings. The molecule has 0 fully saturated rings. The van der Waals surface area contributed by atoms with Gasteiger partial charge < -0.3 is 10.6 Å². The van der Waals surface area contributed by atoms with E-state index in [0.29, 0.717) is 5.92 Å². The number of nitrogens with two attached hydrogens (primary N) is 1. The Labute approximate surface area is 109 Å². The molecule has 98 valence electrons. The quantitative estimate of drug-likeness (QED) is 0.828. The van der Waals surface area contributed by atoms with Crippen LogP contribution in [0.4, 0.5) is 5.69 Å². The summed E-state index contributed by atoms with van der Waals surface area (Å²) in [5.41, 5.74) is 8.40. The Bertz CT molecular complexity index is 456. The standard InChI is InChI=1S/C15H22N2O/c1-9(2)15-10(3)14(16)12-7-5-6-8-13(12)17(15)11(4)18/h5-10,14-15H,16H2,1-4H3. The summed E-state index contributed by atoms with van der Waals surface area (Å²) in [7, 11) is 0. The SMILES string of the molecule is CC(=O)N1c2ccccc2C(N)C(C)C1C(C)C. The first-order chi connectivity index (χ1) is 8.45. The number of para-hydroxylation sites is 1. The lowest BCUT2D eigenvalue weighted by atomic mass is 9.78. The van der Waals surface area contributed by atoms with E-state index < -0.39 is 0 Å². The third-order valence-electron chi connectivity index (χ3n) is 3.98. The summed E-state index contributed by atoms with van der Waals surface area (Å²) in [6.45, 7) is 8.08. The van der Waals surface area contributed by atoms with Gasteiger partial charge in [0.25, 0.3) is 0 Å². The van der Waals surface area contributed by atoms with Crippen LogP contribution in [0.3, 0.4) is 0 Å². The lowest BCUT2D eigenvalue weighted by Crippen LogP contribution is -2.52. The zero-order chi connectivity index (χ0) is 13.4. The molecule has 2 rings (SSSR count). The number of benzene rings is 1. The van der Waals surface area contributed by atoms with Crippen molar-refractivity contribution in [2.24, 2.45) is 17.6 Å². The second kappa shape index (κ2) is 4.73. The van der Waals surface area contributed by atoms with Gasteiger partial charge in [0.2, 0.25) is 5.91 Å². The number of carbonyl (C=O) groups excluding carboxylic acids is 1. The topological polar surface area (TPSA) is 46.3 Å².